The van der Waals surface area contributed by atoms with Crippen LogP contribution in [0.25, 0.3) is 0 Å². The summed E-state index contributed by atoms with van der Waals surface area (Å²) in [6, 6.07) is 0. The normalized spacial score (nSPS) is 26.1. The number of rotatable bonds is 0. The molecule has 0 spiro atoms. The fourth-order valence-electron chi connectivity index (χ4n) is 2.06. The van der Waals surface area contributed by atoms with Gasteiger partial charge in [-0.05, 0) is 27.7 Å². The molecule has 0 saturated carbocycles. The molecule has 0 bridgehead atoms. The second-order valence-electron chi connectivity index (χ2n) is 5.86. The topological polar surface area (TPSA) is 88.5 Å². The van der Waals surface area contributed by atoms with Gasteiger partial charge in [-0.15, -0.1) is 5.06 Å². The molecule has 8 heteroatoms. The summed E-state index contributed by atoms with van der Waals surface area (Å²) in [6.45, 7) is 6.51. The number of fused-ring (bicyclic) bond motifs is 1. The first-order valence-electron chi connectivity index (χ1n) is 6.16. The first-order valence-corrected chi connectivity index (χ1v) is 6.16. The molecule has 0 N–H and O–H groups in total. The van der Waals surface area contributed by atoms with Gasteiger partial charge in [-0.1, -0.05) is 0 Å². The largest absolute Gasteiger partial charge is 0.445 e. The molecule has 2 heterocycles. The van der Waals surface area contributed by atoms with Crippen molar-refractivity contribution in [2.75, 3.05) is 7.05 Å². The van der Waals surface area contributed by atoms with Crippen LogP contribution in [-0.2, 0) is 19.2 Å². The number of carbonyl (C=O) groups is 3. The predicted molar refractivity (Wildman–Crippen MR) is 67.4 cm³/mol. The Morgan fingerprint density at radius 2 is 2.00 bits per heavy atom. The first-order chi connectivity index (χ1) is 9.05. The number of nitrogens with zero attached hydrogens (tertiary/aromatic N) is 3. The van der Waals surface area contributed by atoms with Crippen LogP contribution in [-0.4, -0.2) is 51.9 Å². The molecular formula is C12H17N3O5. The van der Waals surface area contributed by atoms with Crippen molar-refractivity contribution in [2.24, 2.45) is 5.10 Å². The van der Waals surface area contributed by atoms with Crippen LogP contribution >= 0.6 is 0 Å². The molecule has 1 unspecified atom stereocenters. The molecule has 2 aliphatic rings. The van der Waals surface area contributed by atoms with Gasteiger partial charge in [0.25, 0.3) is 5.91 Å². The molecule has 2 amide bonds. The van der Waals surface area contributed by atoms with Crippen LogP contribution in [0.15, 0.2) is 5.10 Å². The highest BCUT2D eigenvalue weighted by atomic mass is 16.8. The third kappa shape index (κ3) is 2.10. The molecule has 8 nitrogen and oxygen atoms in total. The maximum Gasteiger partial charge on any atom is 0.445 e. The van der Waals surface area contributed by atoms with Crippen LogP contribution in [0.5, 0.6) is 0 Å². The summed E-state index contributed by atoms with van der Waals surface area (Å²) in [4.78, 5) is 40.9. The molecule has 20 heavy (non-hydrogen) atoms. The number of amides is 2. The summed E-state index contributed by atoms with van der Waals surface area (Å²) < 4.78 is 5.17. The maximum absolute atomic E-state index is 12.2. The van der Waals surface area contributed by atoms with Crippen LogP contribution < -0.4 is 0 Å². The van der Waals surface area contributed by atoms with E-state index in [2.05, 4.69) is 5.10 Å². The molecule has 2 aliphatic heterocycles. The number of likely N-dealkylation sites (N-methyl/N-ethyl adjacent to an activating group) is 1. The van der Waals surface area contributed by atoms with Gasteiger partial charge in [0.2, 0.25) is 5.54 Å². The standard InChI is InChI=1S/C12H17N3O5/c1-11(2,3)19-10(18)15-12(4)7(6-8(16)20-15)13-14(5)9(12)17/h6H2,1-5H3. The fraction of sp³-hybridized carbons (Fsp3) is 0.667. The van der Waals surface area contributed by atoms with E-state index in [0.717, 1.165) is 5.01 Å². The predicted octanol–water partition coefficient (Wildman–Crippen LogP) is 0.672. The quantitative estimate of drug-likeness (QED) is 0.652. The number of ether oxygens (including phenoxy) is 1. The van der Waals surface area contributed by atoms with Gasteiger partial charge >= 0.3 is 12.1 Å². The second-order valence-corrected chi connectivity index (χ2v) is 5.86. The molecule has 0 radical (unpaired) electrons. The Morgan fingerprint density at radius 1 is 1.40 bits per heavy atom. The van der Waals surface area contributed by atoms with Gasteiger partial charge in [0.15, 0.2) is 0 Å². The minimum absolute atomic E-state index is 0.133. The van der Waals surface area contributed by atoms with Gasteiger partial charge in [-0.3, -0.25) is 4.79 Å². The Morgan fingerprint density at radius 3 is 2.55 bits per heavy atom. The van der Waals surface area contributed by atoms with E-state index >= 15 is 0 Å². The van der Waals surface area contributed by atoms with Crippen molar-refractivity contribution in [2.45, 2.75) is 45.3 Å². The summed E-state index contributed by atoms with van der Waals surface area (Å²) in [5.74, 6) is -1.11. The smallest absolute Gasteiger partial charge is 0.442 e. The Kier molecular flexibility index (Phi) is 2.99. The SMILES string of the molecule is CN1N=C2CC(=O)ON(C(=O)OC(C)(C)C)C2(C)C1=O. The van der Waals surface area contributed by atoms with E-state index in [1.165, 1.54) is 14.0 Å². The summed E-state index contributed by atoms with van der Waals surface area (Å²) in [5.41, 5.74) is -1.94. The number of hydrazone groups is 1. The van der Waals surface area contributed by atoms with Gasteiger partial charge in [0.1, 0.15) is 5.60 Å². The molecule has 0 aromatic carbocycles. The highest BCUT2D eigenvalue weighted by Crippen LogP contribution is 2.33. The Bertz CT molecular complexity index is 522. The van der Waals surface area contributed by atoms with E-state index in [0.29, 0.717) is 5.06 Å². The Labute approximate surface area is 116 Å². The van der Waals surface area contributed by atoms with Gasteiger partial charge in [-0.2, -0.15) is 5.10 Å². The number of hydroxylamine groups is 2. The fourth-order valence-corrected chi connectivity index (χ4v) is 2.06. The molecule has 1 atom stereocenters. The van der Waals surface area contributed by atoms with Crippen LogP contribution in [0.3, 0.4) is 0 Å². The van der Waals surface area contributed by atoms with Crippen molar-refractivity contribution in [1.29, 1.82) is 0 Å². The van der Waals surface area contributed by atoms with Crippen molar-refractivity contribution in [3.05, 3.63) is 0 Å². The second kappa shape index (κ2) is 4.19. The molecule has 0 aliphatic carbocycles. The van der Waals surface area contributed by atoms with E-state index in [1.54, 1.807) is 20.8 Å². The lowest BCUT2D eigenvalue weighted by molar-refractivity contribution is -0.205. The van der Waals surface area contributed by atoms with Gasteiger partial charge in [0.05, 0.1) is 12.1 Å². The molecule has 110 valence electrons. The zero-order valence-corrected chi connectivity index (χ0v) is 12.1. The summed E-state index contributed by atoms with van der Waals surface area (Å²) >= 11 is 0. The maximum atomic E-state index is 12.2. The lowest BCUT2D eigenvalue weighted by Gasteiger charge is -2.38. The zero-order valence-electron chi connectivity index (χ0n) is 12.1. The van der Waals surface area contributed by atoms with Crippen molar-refractivity contribution >= 4 is 23.7 Å². The average Bonchev–Trinajstić information content (AvgIpc) is 2.50. The van der Waals surface area contributed by atoms with Crippen molar-refractivity contribution in [1.82, 2.24) is 10.1 Å². The van der Waals surface area contributed by atoms with E-state index in [1.807, 2.05) is 0 Å². The van der Waals surface area contributed by atoms with Crippen LogP contribution in [0, 0.1) is 0 Å². The zero-order chi connectivity index (χ0) is 15.3. The third-order valence-electron chi connectivity index (χ3n) is 3.01. The lowest BCUT2D eigenvalue weighted by atomic mass is 9.92. The number of hydrogen-bond acceptors (Lipinski definition) is 6. The lowest BCUT2D eigenvalue weighted by Crippen LogP contribution is -2.63. The van der Waals surface area contributed by atoms with Crippen LogP contribution in [0.1, 0.15) is 34.1 Å². The first kappa shape index (κ1) is 14.3. The van der Waals surface area contributed by atoms with E-state index in [4.69, 9.17) is 9.57 Å². The number of hydrogen-bond donors (Lipinski definition) is 0. The molecule has 0 aromatic heterocycles. The highest BCUT2D eigenvalue weighted by Gasteiger charge is 2.59. The van der Waals surface area contributed by atoms with Gasteiger partial charge in [-0.25, -0.2) is 14.6 Å². The summed E-state index contributed by atoms with van der Waals surface area (Å²) in [6.07, 6.45) is -1.03. The molecule has 2 rings (SSSR count). The minimum atomic E-state index is -1.44. The van der Waals surface area contributed by atoms with E-state index < -0.39 is 29.1 Å². The number of carbonyl (C=O) groups excluding carboxylic acids is 3. The highest BCUT2D eigenvalue weighted by molar-refractivity contribution is 6.22. The molecular weight excluding hydrogens is 266 g/mol. The Hall–Kier alpha value is -2.12. The summed E-state index contributed by atoms with van der Waals surface area (Å²) in [5, 5.41) is 5.76. The van der Waals surface area contributed by atoms with Crippen molar-refractivity contribution < 1.29 is 24.0 Å². The molecule has 1 saturated heterocycles. The average molecular weight is 283 g/mol. The monoisotopic (exact) mass is 283 g/mol. The van der Waals surface area contributed by atoms with Gasteiger partial charge in [0, 0.05) is 7.05 Å². The Balaban J connectivity index is 2.36. The van der Waals surface area contributed by atoms with E-state index in [-0.39, 0.29) is 12.1 Å². The van der Waals surface area contributed by atoms with Crippen LogP contribution in [0.2, 0.25) is 0 Å². The van der Waals surface area contributed by atoms with E-state index in [9.17, 15) is 14.4 Å². The van der Waals surface area contributed by atoms with Crippen molar-refractivity contribution in [3.63, 3.8) is 0 Å². The minimum Gasteiger partial charge on any atom is -0.442 e. The van der Waals surface area contributed by atoms with Gasteiger partial charge < -0.3 is 9.57 Å². The van der Waals surface area contributed by atoms with Crippen LogP contribution in [0.4, 0.5) is 4.79 Å². The molecule has 0 aromatic rings. The summed E-state index contributed by atoms with van der Waals surface area (Å²) in [7, 11) is 1.46. The van der Waals surface area contributed by atoms with Crippen molar-refractivity contribution in [3.8, 4) is 0 Å². The third-order valence-corrected chi connectivity index (χ3v) is 3.01. The molecule has 1 fully saturated rings.